The molecule has 0 radical (unpaired) electrons. The van der Waals surface area contributed by atoms with E-state index in [0.717, 1.165) is 30.8 Å². The molecule has 2 N–H and O–H groups in total. The Morgan fingerprint density at radius 3 is 2.58 bits per heavy atom. The lowest BCUT2D eigenvalue weighted by molar-refractivity contribution is -0.942. The molecule has 2 bridgehead atoms. The van der Waals surface area contributed by atoms with E-state index >= 15 is 0 Å². The van der Waals surface area contributed by atoms with E-state index < -0.39 is 11.4 Å². The molecule has 9 nitrogen and oxygen atoms in total. The van der Waals surface area contributed by atoms with Gasteiger partial charge in [0, 0.05) is 43.5 Å². The number of hydrogen-bond acceptors (Lipinski definition) is 6. The Morgan fingerprint density at radius 1 is 1.19 bits per heavy atom. The van der Waals surface area contributed by atoms with Gasteiger partial charge in [0.2, 0.25) is 5.91 Å². The zero-order valence-electron chi connectivity index (χ0n) is 21.9. The van der Waals surface area contributed by atoms with Gasteiger partial charge in [-0.2, -0.15) is 5.10 Å². The van der Waals surface area contributed by atoms with Gasteiger partial charge in [0.1, 0.15) is 6.04 Å². The molecule has 1 aromatic carbocycles. The van der Waals surface area contributed by atoms with E-state index in [2.05, 4.69) is 11.4 Å². The highest BCUT2D eigenvalue weighted by atomic mass is 16.5. The number of carboxylic acids is 1. The molecule has 36 heavy (non-hydrogen) atoms. The number of carbonyl (C=O) groups excluding carboxylic acids is 2. The molecule has 3 saturated heterocycles. The Bertz CT molecular complexity index is 1110. The minimum atomic E-state index is -1.12. The maximum atomic E-state index is 12.5. The highest BCUT2D eigenvalue weighted by Gasteiger charge is 2.45. The minimum absolute atomic E-state index is 0.0916. The maximum absolute atomic E-state index is 12.5. The van der Waals surface area contributed by atoms with Crippen molar-refractivity contribution in [1.29, 1.82) is 0 Å². The zero-order chi connectivity index (χ0) is 26.0. The van der Waals surface area contributed by atoms with Gasteiger partial charge in [-0.25, -0.2) is 0 Å². The van der Waals surface area contributed by atoms with Crippen LogP contribution in [0.4, 0.5) is 0 Å². The van der Waals surface area contributed by atoms with E-state index in [-0.39, 0.29) is 18.7 Å². The molecule has 0 aliphatic carbocycles. The fourth-order valence-electron chi connectivity index (χ4n) is 6.03. The first-order valence-electron chi connectivity index (χ1n) is 12.7. The number of rotatable bonds is 10. The van der Waals surface area contributed by atoms with Gasteiger partial charge >= 0.3 is 0 Å². The summed E-state index contributed by atoms with van der Waals surface area (Å²) in [4.78, 5) is 24.9. The number of quaternary nitrogens is 1. The van der Waals surface area contributed by atoms with Crippen LogP contribution in [0.2, 0.25) is 0 Å². The van der Waals surface area contributed by atoms with E-state index in [1.165, 1.54) is 17.0 Å². The SMILES string of the molecule is COc1ccc(-c2cc([C@H]3C[NH+]4CC[C@H]3C[C@@H]4CNC(=O)CC(C)(C)CC(=O)[O-])n(C)n2)cc1OC. The summed E-state index contributed by atoms with van der Waals surface area (Å²) in [6.45, 7) is 6.33. The molecular weight excluding hydrogens is 460 g/mol. The minimum Gasteiger partial charge on any atom is -0.550 e. The second-order valence-corrected chi connectivity index (χ2v) is 11.0. The molecule has 1 unspecified atom stereocenters. The van der Waals surface area contributed by atoms with Crippen LogP contribution in [-0.4, -0.2) is 61.6 Å². The summed E-state index contributed by atoms with van der Waals surface area (Å²) >= 11 is 0. The van der Waals surface area contributed by atoms with Crippen LogP contribution in [0.1, 0.15) is 51.1 Å². The number of nitrogens with zero attached hydrogens (tertiary/aromatic N) is 2. The number of nitrogens with one attached hydrogen (secondary N) is 2. The summed E-state index contributed by atoms with van der Waals surface area (Å²) < 4.78 is 12.8. The number of amides is 1. The monoisotopic (exact) mass is 498 g/mol. The summed E-state index contributed by atoms with van der Waals surface area (Å²) in [5, 5.41) is 18.8. The molecule has 5 rings (SSSR count). The van der Waals surface area contributed by atoms with Crippen LogP contribution in [-0.2, 0) is 16.6 Å². The van der Waals surface area contributed by atoms with Gasteiger partial charge in [0.05, 0.1) is 45.5 Å². The van der Waals surface area contributed by atoms with Crippen LogP contribution in [0.3, 0.4) is 0 Å². The number of fused-ring (bicyclic) bond motifs is 3. The molecule has 2 aromatic rings. The largest absolute Gasteiger partial charge is 0.550 e. The molecule has 196 valence electrons. The van der Waals surface area contributed by atoms with Gasteiger partial charge in [-0.05, 0) is 42.0 Å². The molecular formula is C27H38N4O5. The van der Waals surface area contributed by atoms with Gasteiger partial charge in [-0.1, -0.05) is 13.8 Å². The van der Waals surface area contributed by atoms with Crippen molar-refractivity contribution in [3.63, 3.8) is 0 Å². The summed E-state index contributed by atoms with van der Waals surface area (Å²) in [5.74, 6) is 1.14. The quantitative estimate of drug-likeness (QED) is 0.495. The summed E-state index contributed by atoms with van der Waals surface area (Å²) in [7, 11) is 5.27. The Kier molecular flexibility index (Phi) is 7.59. The van der Waals surface area contributed by atoms with Crippen molar-refractivity contribution < 1.29 is 29.1 Å². The smallest absolute Gasteiger partial charge is 0.220 e. The second kappa shape index (κ2) is 10.5. The van der Waals surface area contributed by atoms with E-state index in [9.17, 15) is 14.7 Å². The number of methoxy groups -OCH3 is 2. The number of aryl methyl sites for hydroxylation is 1. The lowest BCUT2D eigenvalue weighted by Gasteiger charge is -2.47. The molecule has 3 fully saturated rings. The number of carbonyl (C=O) groups is 2. The highest BCUT2D eigenvalue weighted by molar-refractivity contribution is 5.77. The summed E-state index contributed by atoms with van der Waals surface area (Å²) in [6, 6.07) is 8.44. The molecule has 0 spiro atoms. The Balaban J connectivity index is 1.39. The van der Waals surface area contributed by atoms with Crippen molar-refractivity contribution in [2.24, 2.45) is 18.4 Å². The third-order valence-electron chi connectivity index (χ3n) is 7.83. The van der Waals surface area contributed by atoms with Crippen molar-refractivity contribution in [2.45, 2.75) is 51.5 Å². The van der Waals surface area contributed by atoms with Crippen molar-refractivity contribution in [3.05, 3.63) is 30.0 Å². The topological polar surface area (TPSA) is 110 Å². The fourth-order valence-corrected chi connectivity index (χ4v) is 6.03. The number of piperidine rings is 3. The summed E-state index contributed by atoms with van der Waals surface area (Å²) in [5.41, 5.74) is 2.54. The molecule has 0 saturated carbocycles. The molecule has 3 aliphatic heterocycles. The molecule has 9 heteroatoms. The first kappa shape index (κ1) is 26.0. The van der Waals surface area contributed by atoms with Crippen LogP contribution in [0, 0.1) is 11.3 Å². The number of hydrogen-bond donors (Lipinski definition) is 2. The van der Waals surface area contributed by atoms with Gasteiger partial charge in [0.25, 0.3) is 0 Å². The molecule has 1 aromatic heterocycles. The average molecular weight is 499 g/mol. The number of aliphatic carboxylic acids is 1. The molecule has 4 atom stereocenters. The lowest BCUT2D eigenvalue weighted by Crippen LogP contribution is -3.20. The zero-order valence-corrected chi connectivity index (χ0v) is 21.9. The Morgan fingerprint density at radius 2 is 1.94 bits per heavy atom. The molecule has 1 amide bonds. The number of benzene rings is 1. The standard InChI is InChI=1S/C27H38N4O5/c1-27(2,14-26(33)34)13-25(32)28-15-19-10-17-8-9-31(19)16-20(17)22-12-21(29-30(22)3)18-6-7-23(35-4)24(11-18)36-5/h6-7,11-12,17,19-20H,8-10,13-16H2,1-5H3,(H,28,32)(H,33,34)/t17-,19+,20-/m0/s1. The predicted molar refractivity (Wildman–Crippen MR) is 133 cm³/mol. The predicted octanol–water partition coefficient (Wildman–Crippen LogP) is 0.538. The van der Waals surface area contributed by atoms with Gasteiger partial charge < -0.3 is 29.6 Å². The van der Waals surface area contributed by atoms with Crippen LogP contribution in [0.25, 0.3) is 11.3 Å². The first-order chi connectivity index (χ1) is 17.1. The Labute approximate surface area is 212 Å². The van der Waals surface area contributed by atoms with Crippen LogP contribution < -0.4 is 24.8 Å². The molecule has 3 aliphatic rings. The second-order valence-electron chi connectivity index (χ2n) is 11.0. The van der Waals surface area contributed by atoms with E-state index in [0.29, 0.717) is 35.9 Å². The highest BCUT2D eigenvalue weighted by Crippen LogP contribution is 2.37. The Hall–Kier alpha value is -3.07. The van der Waals surface area contributed by atoms with E-state index in [4.69, 9.17) is 14.6 Å². The summed E-state index contributed by atoms with van der Waals surface area (Å²) in [6.07, 6.45) is 2.28. The van der Waals surface area contributed by atoms with Gasteiger partial charge in [0.15, 0.2) is 11.5 Å². The third-order valence-corrected chi connectivity index (χ3v) is 7.83. The normalized spacial score (nSPS) is 23.4. The van der Waals surface area contributed by atoms with Gasteiger partial charge in [-0.3, -0.25) is 9.48 Å². The van der Waals surface area contributed by atoms with Crippen molar-refractivity contribution in [2.75, 3.05) is 33.9 Å². The average Bonchev–Trinajstić information content (AvgIpc) is 3.22. The molecule has 4 heterocycles. The number of ether oxygens (including phenoxy) is 2. The van der Waals surface area contributed by atoms with Crippen LogP contribution >= 0.6 is 0 Å². The van der Waals surface area contributed by atoms with Crippen LogP contribution in [0.5, 0.6) is 11.5 Å². The number of aromatic nitrogens is 2. The van der Waals surface area contributed by atoms with Crippen molar-refractivity contribution >= 4 is 11.9 Å². The number of carboxylic acid groups (broad SMARTS) is 1. The maximum Gasteiger partial charge on any atom is 0.220 e. The van der Waals surface area contributed by atoms with Crippen molar-refractivity contribution in [3.8, 4) is 22.8 Å². The third kappa shape index (κ3) is 5.67. The van der Waals surface area contributed by atoms with Crippen molar-refractivity contribution in [1.82, 2.24) is 15.1 Å². The van der Waals surface area contributed by atoms with Crippen LogP contribution in [0.15, 0.2) is 24.3 Å². The van der Waals surface area contributed by atoms with Gasteiger partial charge in [-0.15, -0.1) is 0 Å². The first-order valence-corrected chi connectivity index (χ1v) is 12.7. The fraction of sp³-hybridized carbons (Fsp3) is 0.593. The van der Waals surface area contributed by atoms with E-state index in [1.807, 2.05) is 29.9 Å². The van der Waals surface area contributed by atoms with E-state index in [1.54, 1.807) is 28.1 Å². The lowest BCUT2D eigenvalue weighted by atomic mass is 9.74.